The van der Waals surface area contributed by atoms with Gasteiger partial charge in [0.15, 0.2) is 0 Å². The topological polar surface area (TPSA) is 48.4 Å². The summed E-state index contributed by atoms with van der Waals surface area (Å²) in [6.45, 7) is 2.10. The second-order valence-corrected chi connectivity index (χ2v) is 4.67. The minimum absolute atomic E-state index is 0.336. The molecule has 100 valence electrons. The molecule has 1 aromatic carbocycles. The molecule has 0 saturated carbocycles. The maximum Gasteiger partial charge on any atom is 0.358 e. The molecule has 2 aromatic rings. The highest BCUT2D eigenvalue weighted by Crippen LogP contribution is 2.25. The van der Waals surface area contributed by atoms with Crippen molar-refractivity contribution in [3.8, 4) is 5.88 Å². The number of esters is 1. The standard InChI is InChI=1S/C14H15NO3S/c1-3-17-13(16)14(19-2)18-12-11-7-5-4-6-10(11)8-9-15-12/h4-9,14H,3H2,1-2H3. The summed E-state index contributed by atoms with van der Waals surface area (Å²) in [5, 5.41) is 1.91. The summed E-state index contributed by atoms with van der Waals surface area (Å²) in [5.41, 5.74) is -0.696. The van der Waals surface area contributed by atoms with E-state index >= 15 is 0 Å². The van der Waals surface area contributed by atoms with Gasteiger partial charge in [0.05, 0.1) is 6.61 Å². The number of aromatic nitrogens is 1. The summed E-state index contributed by atoms with van der Waals surface area (Å²) in [7, 11) is 0. The van der Waals surface area contributed by atoms with Crippen LogP contribution in [-0.2, 0) is 9.53 Å². The third kappa shape index (κ3) is 3.17. The molecule has 0 aliphatic rings. The van der Waals surface area contributed by atoms with Crippen molar-refractivity contribution in [2.75, 3.05) is 12.9 Å². The van der Waals surface area contributed by atoms with Gasteiger partial charge in [-0.1, -0.05) is 18.2 Å². The van der Waals surface area contributed by atoms with Crippen molar-refractivity contribution < 1.29 is 14.3 Å². The summed E-state index contributed by atoms with van der Waals surface area (Å²) in [6.07, 6.45) is 3.47. The molecule has 0 N–H and O–H groups in total. The van der Waals surface area contributed by atoms with Gasteiger partial charge in [-0.15, -0.1) is 11.8 Å². The first-order chi connectivity index (χ1) is 9.26. The van der Waals surface area contributed by atoms with Crippen LogP contribution in [0.15, 0.2) is 36.5 Å². The number of rotatable bonds is 5. The lowest BCUT2D eigenvalue weighted by Gasteiger charge is -2.15. The number of fused-ring (bicyclic) bond motifs is 1. The Kier molecular flexibility index (Phi) is 4.63. The number of carbonyl (C=O) groups is 1. The molecule has 0 amide bonds. The van der Waals surface area contributed by atoms with Crippen molar-refractivity contribution in [2.24, 2.45) is 0 Å². The van der Waals surface area contributed by atoms with Gasteiger partial charge in [0.2, 0.25) is 11.3 Å². The molecule has 1 heterocycles. The molecule has 0 spiro atoms. The Bertz CT molecular complexity index is 568. The molecular formula is C14H15NO3S. The zero-order valence-corrected chi connectivity index (χ0v) is 11.6. The normalized spacial score (nSPS) is 12.1. The van der Waals surface area contributed by atoms with E-state index in [0.717, 1.165) is 10.8 Å². The molecule has 0 aliphatic carbocycles. The first-order valence-electron chi connectivity index (χ1n) is 5.96. The number of hydrogen-bond acceptors (Lipinski definition) is 5. The van der Waals surface area contributed by atoms with Gasteiger partial charge in [0.25, 0.3) is 0 Å². The van der Waals surface area contributed by atoms with E-state index in [2.05, 4.69) is 4.98 Å². The maximum absolute atomic E-state index is 11.7. The van der Waals surface area contributed by atoms with E-state index < -0.39 is 5.44 Å². The minimum atomic E-state index is -0.696. The molecule has 1 aromatic heterocycles. The fraction of sp³-hybridized carbons (Fsp3) is 0.286. The number of carbonyl (C=O) groups excluding carboxylic acids is 1. The quantitative estimate of drug-likeness (QED) is 0.621. The van der Waals surface area contributed by atoms with Crippen molar-refractivity contribution in [1.82, 2.24) is 4.98 Å². The van der Waals surface area contributed by atoms with Crippen LogP contribution < -0.4 is 4.74 Å². The first-order valence-corrected chi connectivity index (χ1v) is 7.25. The zero-order valence-electron chi connectivity index (χ0n) is 10.8. The Morgan fingerprint density at radius 1 is 1.37 bits per heavy atom. The summed E-state index contributed by atoms with van der Waals surface area (Å²) in [4.78, 5) is 15.9. The highest BCUT2D eigenvalue weighted by molar-refractivity contribution is 7.99. The second-order valence-electron chi connectivity index (χ2n) is 3.77. The molecule has 1 unspecified atom stereocenters. The zero-order chi connectivity index (χ0) is 13.7. The minimum Gasteiger partial charge on any atom is -0.463 e. The molecule has 5 heteroatoms. The molecule has 0 fully saturated rings. The fourth-order valence-electron chi connectivity index (χ4n) is 1.69. The third-order valence-electron chi connectivity index (χ3n) is 2.55. The number of pyridine rings is 1. The van der Waals surface area contributed by atoms with Gasteiger partial charge in [0, 0.05) is 11.6 Å². The summed E-state index contributed by atoms with van der Waals surface area (Å²) < 4.78 is 10.6. The largest absolute Gasteiger partial charge is 0.463 e. The summed E-state index contributed by atoms with van der Waals surface area (Å²) in [6, 6.07) is 9.65. The average molecular weight is 277 g/mol. The Morgan fingerprint density at radius 3 is 2.89 bits per heavy atom. The molecule has 4 nitrogen and oxygen atoms in total. The van der Waals surface area contributed by atoms with Crippen molar-refractivity contribution in [1.29, 1.82) is 0 Å². The molecule has 2 rings (SSSR count). The van der Waals surface area contributed by atoms with Crippen molar-refractivity contribution in [3.05, 3.63) is 36.5 Å². The monoisotopic (exact) mass is 277 g/mol. The predicted octanol–water partition coefficient (Wildman–Crippen LogP) is 2.87. The molecule has 0 saturated heterocycles. The van der Waals surface area contributed by atoms with E-state index in [0.29, 0.717) is 12.5 Å². The van der Waals surface area contributed by atoms with E-state index in [9.17, 15) is 4.79 Å². The lowest BCUT2D eigenvalue weighted by molar-refractivity contribution is -0.147. The lowest BCUT2D eigenvalue weighted by atomic mass is 10.2. The van der Waals surface area contributed by atoms with Gasteiger partial charge in [-0.2, -0.15) is 0 Å². The van der Waals surface area contributed by atoms with Crippen LogP contribution in [0.1, 0.15) is 6.92 Å². The van der Waals surface area contributed by atoms with Crippen LogP contribution in [0.5, 0.6) is 5.88 Å². The summed E-state index contributed by atoms with van der Waals surface area (Å²) in [5.74, 6) is 0.0650. The van der Waals surface area contributed by atoms with Crippen molar-refractivity contribution in [2.45, 2.75) is 12.4 Å². The number of benzene rings is 1. The van der Waals surface area contributed by atoms with Gasteiger partial charge >= 0.3 is 5.97 Å². The van der Waals surface area contributed by atoms with Crippen molar-refractivity contribution in [3.63, 3.8) is 0 Å². The van der Waals surface area contributed by atoms with Gasteiger partial charge in [0.1, 0.15) is 0 Å². The highest BCUT2D eigenvalue weighted by atomic mass is 32.2. The van der Waals surface area contributed by atoms with Crippen LogP contribution in [0.2, 0.25) is 0 Å². The van der Waals surface area contributed by atoms with E-state index in [1.165, 1.54) is 11.8 Å². The SMILES string of the molecule is CCOC(=O)C(Oc1nccc2ccccc12)SC. The van der Waals surface area contributed by atoms with E-state index in [-0.39, 0.29) is 5.97 Å². The third-order valence-corrected chi connectivity index (χ3v) is 3.27. The van der Waals surface area contributed by atoms with Crippen LogP contribution in [0, 0.1) is 0 Å². The van der Waals surface area contributed by atoms with Crippen LogP contribution in [0.25, 0.3) is 10.8 Å². The van der Waals surface area contributed by atoms with Gasteiger partial charge in [-0.3, -0.25) is 0 Å². The van der Waals surface area contributed by atoms with Gasteiger partial charge < -0.3 is 9.47 Å². The van der Waals surface area contributed by atoms with Gasteiger partial charge in [-0.25, -0.2) is 9.78 Å². The highest BCUT2D eigenvalue weighted by Gasteiger charge is 2.21. The Balaban J connectivity index is 2.27. The summed E-state index contributed by atoms with van der Waals surface area (Å²) >= 11 is 1.28. The van der Waals surface area contributed by atoms with Crippen LogP contribution >= 0.6 is 11.8 Å². The molecular weight excluding hydrogens is 262 g/mol. The van der Waals surface area contributed by atoms with E-state index in [1.807, 2.05) is 30.3 Å². The lowest BCUT2D eigenvalue weighted by Crippen LogP contribution is -2.26. The molecule has 0 aliphatic heterocycles. The molecule has 0 bridgehead atoms. The van der Waals surface area contributed by atoms with Crippen molar-refractivity contribution >= 4 is 28.5 Å². The predicted molar refractivity (Wildman–Crippen MR) is 76.3 cm³/mol. The Labute approximate surface area is 116 Å². The Morgan fingerprint density at radius 2 is 2.16 bits per heavy atom. The van der Waals surface area contributed by atoms with Gasteiger partial charge in [-0.05, 0) is 30.7 Å². The molecule has 0 radical (unpaired) electrons. The second kappa shape index (κ2) is 6.43. The smallest absolute Gasteiger partial charge is 0.358 e. The van der Waals surface area contributed by atoms with Crippen LogP contribution in [0.3, 0.4) is 0 Å². The average Bonchev–Trinajstić information content (AvgIpc) is 2.45. The van der Waals surface area contributed by atoms with Crippen LogP contribution in [0.4, 0.5) is 0 Å². The van der Waals surface area contributed by atoms with Crippen LogP contribution in [-0.4, -0.2) is 29.3 Å². The molecule has 19 heavy (non-hydrogen) atoms. The number of ether oxygens (including phenoxy) is 2. The Hall–Kier alpha value is -1.75. The first kappa shape index (κ1) is 13.7. The molecule has 1 atom stereocenters. The maximum atomic E-state index is 11.7. The van der Waals surface area contributed by atoms with E-state index in [4.69, 9.17) is 9.47 Å². The number of hydrogen-bond donors (Lipinski definition) is 0. The number of thioether (sulfide) groups is 1. The van der Waals surface area contributed by atoms with E-state index in [1.54, 1.807) is 19.4 Å². The fourth-order valence-corrected chi connectivity index (χ4v) is 2.14. The number of nitrogens with zero attached hydrogens (tertiary/aromatic N) is 1.